The van der Waals surface area contributed by atoms with Gasteiger partial charge in [0.1, 0.15) is 31.2 Å². The first-order valence-corrected chi connectivity index (χ1v) is 21.6. The van der Waals surface area contributed by atoms with E-state index in [1.165, 1.54) is 4.57 Å². The van der Waals surface area contributed by atoms with E-state index in [-0.39, 0.29) is 37.0 Å². The van der Waals surface area contributed by atoms with E-state index in [1.54, 1.807) is 50.7 Å². The number of amides is 1. The number of carbonyl (C=O) groups excluding carboxylic acids is 1. The van der Waals surface area contributed by atoms with Gasteiger partial charge in [-0.1, -0.05) is 78.9 Å². The van der Waals surface area contributed by atoms with Crippen LogP contribution in [-0.2, 0) is 28.1 Å². The van der Waals surface area contributed by atoms with Gasteiger partial charge in [-0.2, -0.15) is 10.2 Å². The molecule has 12 heteroatoms. The van der Waals surface area contributed by atoms with Crippen molar-refractivity contribution in [1.82, 2.24) is 14.2 Å². The summed E-state index contributed by atoms with van der Waals surface area (Å²) >= 11 is 0. The standard InChI is InChI=1S/C49H52N5O6P/c1-35(2)54(36(3)4)61(29-13-27-50)60-34-38-30-37(31-43(32-38)53-28-26-46(52-48(53)56)51-47(55)39-14-9-7-10-15-39)33-59-49(40-16-11-8-12-17-40,41-18-22-44(57-5)23-19-41)42-20-24-45(58-6)25-21-42/h7-12,14-26,28,30-32,35-36H,13,29,33-34H2,1-6H3,(H,51,52,55,56). The van der Waals surface area contributed by atoms with Crippen molar-refractivity contribution in [2.45, 2.75) is 65.0 Å². The lowest BCUT2D eigenvalue weighted by molar-refractivity contribution is 0.000144. The van der Waals surface area contributed by atoms with Gasteiger partial charge in [0.25, 0.3) is 5.91 Å². The fourth-order valence-corrected chi connectivity index (χ4v) is 9.53. The number of carbonyl (C=O) groups is 1. The molecule has 0 aliphatic rings. The van der Waals surface area contributed by atoms with E-state index < -0.39 is 19.6 Å². The molecule has 0 aliphatic carbocycles. The van der Waals surface area contributed by atoms with E-state index in [0.29, 0.717) is 35.3 Å². The molecular weight excluding hydrogens is 786 g/mol. The van der Waals surface area contributed by atoms with Crippen LogP contribution in [0.15, 0.2) is 144 Å². The molecule has 5 aromatic carbocycles. The number of nitrogens with one attached hydrogen (secondary N) is 1. The van der Waals surface area contributed by atoms with Crippen LogP contribution < -0.4 is 20.5 Å². The first kappa shape index (κ1) is 44.4. The van der Waals surface area contributed by atoms with Crippen molar-refractivity contribution in [3.8, 4) is 23.3 Å². The molecule has 0 bridgehead atoms. The van der Waals surface area contributed by atoms with Gasteiger partial charge in [-0.3, -0.25) is 14.0 Å². The molecule has 0 saturated carbocycles. The number of hydrogen-bond donors (Lipinski definition) is 1. The maximum absolute atomic E-state index is 13.8. The van der Waals surface area contributed by atoms with Crippen molar-refractivity contribution in [2.75, 3.05) is 25.7 Å². The monoisotopic (exact) mass is 837 g/mol. The quantitative estimate of drug-likeness (QED) is 0.0627. The van der Waals surface area contributed by atoms with Crippen LogP contribution in [0.5, 0.6) is 11.5 Å². The second-order valence-corrected chi connectivity index (χ2v) is 16.8. The number of benzene rings is 5. The summed E-state index contributed by atoms with van der Waals surface area (Å²) in [6.45, 7) is 8.89. The molecule has 0 radical (unpaired) electrons. The van der Waals surface area contributed by atoms with Gasteiger partial charge in [0.2, 0.25) is 0 Å². The minimum atomic E-state index is -1.13. The third-order valence-electron chi connectivity index (χ3n) is 10.1. The van der Waals surface area contributed by atoms with Crippen LogP contribution in [0.1, 0.15) is 72.3 Å². The Kier molecular flexibility index (Phi) is 15.2. The highest BCUT2D eigenvalue weighted by Gasteiger charge is 2.38. The number of aromatic nitrogens is 2. The molecule has 1 amide bonds. The normalized spacial score (nSPS) is 12.0. The molecule has 11 nitrogen and oxygen atoms in total. The Morgan fingerprint density at radius 3 is 1.84 bits per heavy atom. The molecule has 1 atom stereocenters. The first-order valence-electron chi connectivity index (χ1n) is 20.2. The Labute approximate surface area is 359 Å². The van der Waals surface area contributed by atoms with Crippen LogP contribution in [0.4, 0.5) is 5.82 Å². The summed E-state index contributed by atoms with van der Waals surface area (Å²) in [7, 11) is 2.14. The molecule has 1 aromatic heterocycles. The highest BCUT2D eigenvalue weighted by atomic mass is 31.2. The van der Waals surface area contributed by atoms with Gasteiger partial charge >= 0.3 is 5.69 Å². The van der Waals surface area contributed by atoms with E-state index in [2.05, 4.69) is 48.7 Å². The average molecular weight is 838 g/mol. The third kappa shape index (κ3) is 10.8. The molecule has 0 aliphatic heterocycles. The highest BCUT2D eigenvalue weighted by Crippen LogP contribution is 2.46. The minimum Gasteiger partial charge on any atom is -0.497 e. The molecule has 1 N–H and O–H groups in total. The predicted octanol–water partition coefficient (Wildman–Crippen LogP) is 9.87. The second kappa shape index (κ2) is 20.9. The van der Waals surface area contributed by atoms with Gasteiger partial charge in [-0.15, -0.1) is 0 Å². The molecule has 314 valence electrons. The SMILES string of the molecule is COc1ccc(C(OCc2cc(COP(CCC#N)N(C(C)C)C(C)C)cc(-n3ccc(NC(=O)c4ccccc4)nc3=O)c2)(c2ccccc2)c2ccc(OC)cc2)cc1. The van der Waals surface area contributed by atoms with Crippen molar-refractivity contribution in [3.05, 3.63) is 184 Å². The Morgan fingerprint density at radius 1 is 0.770 bits per heavy atom. The van der Waals surface area contributed by atoms with Crippen LogP contribution in [-0.4, -0.2) is 52.6 Å². The maximum Gasteiger partial charge on any atom is 0.354 e. The van der Waals surface area contributed by atoms with E-state index >= 15 is 0 Å². The summed E-state index contributed by atoms with van der Waals surface area (Å²) < 4.78 is 28.8. The predicted molar refractivity (Wildman–Crippen MR) is 240 cm³/mol. The summed E-state index contributed by atoms with van der Waals surface area (Å²) in [5.41, 5.74) is 3.57. The smallest absolute Gasteiger partial charge is 0.354 e. The zero-order chi connectivity index (χ0) is 43.4. The van der Waals surface area contributed by atoms with E-state index in [0.717, 1.165) is 27.8 Å². The number of hydrogen-bond acceptors (Lipinski definition) is 9. The summed E-state index contributed by atoms with van der Waals surface area (Å²) in [5.74, 6) is 1.19. The van der Waals surface area contributed by atoms with Crippen molar-refractivity contribution >= 4 is 20.0 Å². The third-order valence-corrected chi connectivity index (χ3v) is 12.6. The van der Waals surface area contributed by atoms with Crippen molar-refractivity contribution < 1.29 is 23.5 Å². The summed E-state index contributed by atoms with van der Waals surface area (Å²) in [5, 5.41) is 12.3. The Balaban J connectivity index is 1.43. The van der Waals surface area contributed by atoms with Gasteiger partial charge in [0, 0.05) is 36.4 Å². The molecule has 6 aromatic rings. The first-order chi connectivity index (χ1) is 29.6. The zero-order valence-electron chi connectivity index (χ0n) is 35.4. The molecule has 61 heavy (non-hydrogen) atoms. The van der Waals surface area contributed by atoms with Gasteiger partial charge in [0.15, 0.2) is 0 Å². The Bertz CT molecular complexity index is 2400. The van der Waals surface area contributed by atoms with Crippen LogP contribution in [0.25, 0.3) is 5.69 Å². The van der Waals surface area contributed by atoms with Gasteiger partial charge < -0.3 is 24.1 Å². The average Bonchev–Trinajstić information content (AvgIpc) is 3.28. The van der Waals surface area contributed by atoms with E-state index in [4.69, 9.17) is 18.7 Å². The number of nitrogens with zero attached hydrogens (tertiary/aromatic N) is 4. The van der Waals surface area contributed by atoms with E-state index in [9.17, 15) is 14.9 Å². The lowest BCUT2D eigenvalue weighted by Crippen LogP contribution is -2.33. The van der Waals surface area contributed by atoms with Crippen LogP contribution in [0.3, 0.4) is 0 Å². The lowest BCUT2D eigenvalue weighted by Gasteiger charge is -2.37. The van der Waals surface area contributed by atoms with Gasteiger partial charge in [0.05, 0.1) is 39.2 Å². The Hall–Kier alpha value is -6.15. The number of nitriles is 1. The van der Waals surface area contributed by atoms with E-state index in [1.807, 2.05) is 103 Å². The number of ether oxygens (including phenoxy) is 3. The molecule has 1 unspecified atom stereocenters. The largest absolute Gasteiger partial charge is 0.497 e. The number of anilines is 1. The summed E-state index contributed by atoms with van der Waals surface area (Å²) in [4.78, 5) is 30.9. The molecule has 0 saturated heterocycles. The molecule has 6 rings (SSSR count). The topological polar surface area (TPSA) is 128 Å². The van der Waals surface area contributed by atoms with Crippen molar-refractivity contribution in [3.63, 3.8) is 0 Å². The van der Waals surface area contributed by atoms with Crippen LogP contribution in [0, 0.1) is 11.3 Å². The number of rotatable bonds is 19. The maximum atomic E-state index is 13.8. The number of methoxy groups -OCH3 is 2. The highest BCUT2D eigenvalue weighted by molar-refractivity contribution is 7.50. The van der Waals surface area contributed by atoms with Gasteiger partial charge in [-0.05, 0) is 110 Å². The fourth-order valence-electron chi connectivity index (χ4n) is 7.41. The van der Waals surface area contributed by atoms with Crippen LogP contribution >= 0.6 is 8.30 Å². The van der Waals surface area contributed by atoms with Crippen LogP contribution in [0.2, 0.25) is 0 Å². The molecule has 0 fully saturated rings. The fraction of sp³-hybridized carbons (Fsp3) is 0.265. The Morgan fingerprint density at radius 2 is 1.31 bits per heavy atom. The molecular formula is C49H52N5O6P. The molecule has 0 spiro atoms. The minimum absolute atomic E-state index is 0.120. The summed E-state index contributed by atoms with van der Waals surface area (Å²) in [6, 6.07) is 44.6. The van der Waals surface area contributed by atoms with Crippen molar-refractivity contribution in [1.29, 1.82) is 5.26 Å². The van der Waals surface area contributed by atoms with Gasteiger partial charge in [-0.25, -0.2) is 4.79 Å². The summed E-state index contributed by atoms with van der Waals surface area (Å²) in [6.07, 6.45) is 2.57. The molecule has 1 heterocycles. The van der Waals surface area contributed by atoms with Crippen molar-refractivity contribution in [2.24, 2.45) is 0 Å². The zero-order valence-corrected chi connectivity index (χ0v) is 36.3. The second-order valence-electron chi connectivity index (χ2n) is 14.9. The lowest BCUT2D eigenvalue weighted by atomic mass is 9.80.